The summed E-state index contributed by atoms with van der Waals surface area (Å²) in [7, 11) is 1.63. The summed E-state index contributed by atoms with van der Waals surface area (Å²) >= 11 is 5.74. The number of carbonyl (C=O) groups is 2. The Hall–Kier alpha value is -3.08. The van der Waals surface area contributed by atoms with Crippen molar-refractivity contribution in [2.75, 3.05) is 12.4 Å². The first-order valence-electron chi connectivity index (χ1n) is 13.6. The normalized spacial score (nSPS) is 21.2. The number of nitrogens with zero attached hydrogens (tertiary/aromatic N) is 3. The van der Waals surface area contributed by atoms with E-state index < -0.39 is 28.7 Å². The molecular weight excluding hydrogens is 547 g/mol. The van der Waals surface area contributed by atoms with Crippen LogP contribution in [0.2, 0.25) is 5.02 Å². The SMILES string of the molecule is CNC(=O)C[C@H]1CC[C@H](n2c(NC(C)C)nc3c(c2=O)C[C@@H](C)N(C(=O)c2ccc(Cl)c(C(F)(F)F)c2)C3)CC1. The van der Waals surface area contributed by atoms with Crippen LogP contribution in [0.1, 0.15) is 86.1 Å². The fraction of sp³-hybridized carbons (Fsp3) is 0.571. The van der Waals surface area contributed by atoms with E-state index in [1.165, 1.54) is 11.0 Å². The molecule has 1 atom stereocenters. The van der Waals surface area contributed by atoms with Gasteiger partial charge in [0.2, 0.25) is 11.9 Å². The number of hydrogen-bond acceptors (Lipinski definition) is 5. The van der Waals surface area contributed by atoms with Crippen LogP contribution in [0.25, 0.3) is 0 Å². The molecule has 4 rings (SSSR count). The standard InChI is InChI=1S/C28H35ClF3N5O3/c1-15(2)34-27-35-23-14-36(25(39)18-7-10-22(29)21(13-18)28(30,31)32)16(3)11-20(23)26(40)37(27)19-8-5-17(6-9-19)12-24(38)33-4/h7,10,13,15-17,19H,5-6,8-9,11-12,14H2,1-4H3,(H,33,38)(H,34,35)/t16-,17-,19-/m1/s1. The number of amides is 2. The van der Waals surface area contributed by atoms with Gasteiger partial charge in [-0.2, -0.15) is 13.2 Å². The fourth-order valence-corrected chi connectivity index (χ4v) is 5.88. The number of anilines is 1. The molecule has 1 aliphatic heterocycles. The largest absolute Gasteiger partial charge is 0.417 e. The van der Waals surface area contributed by atoms with Crippen LogP contribution in [0.4, 0.5) is 19.1 Å². The van der Waals surface area contributed by atoms with Crippen LogP contribution in [0.5, 0.6) is 0 Å². The molecule has 0 saturated heterocycles. The van der Waals surface area contributed by atoms with Crippen molar-refractivity contribution < 1.29 is 22.8 Å². The van der Waals surface area contributed by atoms with E-state index >= 15 is 0 Å². The van der Waals surface area contributed by atoms with Crippen LogP contribution in [0.15, 0.2) is 23.0 Å². The molecule has 1 fully saturated rings. The van der Waals surface area contributed by atoms with Gasteiger partial charge in [-0.05, 0) is 77.0 Å². The van der Waals surface area contributed by atoms with Gasteiger partial charge in [-0.25, -0.2) is 4.98 Å². The molecule has 0 bridgehead atoms. The molecule has 1 saturated carbocycles. The third-order valence-electron chi connectivity index (χ3n) is 7.78. The lowest BCUT2D eigenvalue weighted by Gasteiger charge is -2.36. The average Bonchev–Trinajstić information content (AvgIpc) is 2.88. The topological polar surface area (TPSA) is 96.3 Å². The summed E-state index contributed by atoms with van der Waals surface area (Å²) in [4.78, 5) is 45.3. The van der Waals surface area contributed by atoms with E-state index in [1.54, 1.807) is 18.5 Å². The lowest BCUT2D eigenvalue weighted by molar-refractivity contribution is -0.137. The molecule has 0 spiro atoms. The Balaban J connectivity index is 1.64. The minimum Gasteiger partial charge on any atom is -0.359 e. The molecule has 40 heavy (non-hydrogen) atoms. The van der Waals surface area contributed by atoms with Crippen molar-refractivity contribution in [1.82, 2.24) is 19.8 Å². The van der Waals surface area contributed by atoms with Gasteiger partial charge in [0, 0.05) is 42.7 Å². The van der Waals surface area contributed by atoms with Gasteiger partial charge in [0.25, 0.3) is 11.5 Å². The predicted octanol–water partition coefficient (Wildman–Crippen LogP) is 5.19. The van der Waals surface area contributed by atoms with Gasteiger partial charge in [0.05, 0.1) is 22.8 Å². The Kier molecular flexibility index (Phi) is 8.82. The Morgan fingerprint density at radius 2 is 1.85 bits per heavy atom. The third-order valence-corrected chi connectivity index (χ3v) is 8.11. The Bertz CT molecular complexity index is 1340. The molecule has 2 aromatic rings. The van der Waals surface area contributed by atoms with Crippen molar-refractivity contribution in [2.24, 2.45) is 5.92 Å². The highest BCUT2D eigenvalue weighted by atomic mass is 35.5. The second-order valence-corrected chi connectivity index (χ2v) is 11.5. The zero-order valence-corrected chi connectivity index (χ0v) is 23.8. The van der Waals surface area contributed by atoms with E-state index in [4.69, 9.17) is 16.6 Å². The van der Waals surface area contributed by atoms with Gasteiger partial charge in [0.1, 0.15) is 0 Å². The van der Waals surface area contributed by atoms with Crippen molar-refractivity contribution in [3.8, 4) is 0 Å². The summed E-state index contributed by atoms with van der Waals surface area (Å²) in [6, 6.07) is 2.60. The summed E-state index contributed by atoms with van der Waals surface area (Å²) in [5.74, 6) is 0.115. The second kappa shape index (κ2) is 11.8. The Morgan fingerprint density at radius 1 is 1.18 bits per heavy atom. The molecule has 8 nitrogen and oxygen atoms in total. The quantitative estimate of drug-likeness (QED) is 0.489. The number of rotatable bonds is 6. The molecule has 1 aromatic heterocycles. The first-order valence-corrected chi connectivity index (χ1v) is 14.0. The maximum atomic E-state index is 13.9. The maximum absolute atomic E-state index is 13.9. The minimum atomic E-state index is -4.70. The summed E-state index contributed by atoms with van der Waals surface area (Å²) in [5.41, 5.74) is -0.402. The fourth-order valence-electron chi connectivity index (χ4n) is 5.66. The summed E-state index contributed by atoms with van der Waals surface area (Å²) in [5, 5.41) is 5.47. The first-order chi connectivity index (χ1) is 18.8. The lowest BCUT2D eigenvalue weighted by atomic mass is 9.83. The van der Waals surface area contributed by atoms with Crippen molar-refractivity contribution in [1.29, 1.82) is 0 Å². The van der Waals surface area contributed by atoms with Gasteiger partial charge >= 0.3 is 6.18 Å². The number of alkyl halides is 3. The molecule has 1 aliphatic carbocycles. The van der Waals surface area contributed by atoms with Gasteiger partial charge in [0.15, 0.2) is 0 Å². The van der Waals surface area contributed by atoms with E-state index in [0.717, 1.165) is 37.8 Å². The molecule has 2 aliphatic rings. The summed E-state index contributed by atoms with van der Waals surface area (Å²) in [6.07, 6.45) is -0.859. The van der Waals surface area contributed by atoms with Crippen molar-refractivity contribution in [2.45, 2.75) is 90.1 Å². The second-order valence-electron chi connectivity index (χ2n) is 11.1. The number of nitrogens with one attached hydrogen (secondary N) is 2. The molecule has 218 valence electrons. The highest BCUT2D eigenvalue weighted by Gasteiger charge is 2.37. The van der Waals surface area contributed by atoms with Gasteiger partial charge in [-0.1, -0.05) is 11.6 Å². The predicted molar refractivity (Wildman–Crippen MR) is 146 cm³/mol. The number of benzene rings is 1. The highest BCUT2D eigenvalue weighted by Crippen LogP contribution is 2.37. The molecule has 0 unspecified atom stereocenters. The number of hydrogen-bond donors (Lipinski definition) is 2. The Labute approximate surface area is 236 Å². The van der Waals surface area contributed by atoms with Crippen molar-refractivity contribution >= 4 is 29.4 Å². The molecule has 0 radical (unpaired) electrons. The van der Waals surface area contributed by atoms with E-state index in [9.17, 15) is 27.6 Å². The van der Waals surface area contributed by atoms with E-state index in [-0.39, 0.29) is 48.0 Å². The average molecular weight is 582 g/mol. The zero-order valence-electron chi connectivity index (χ0n) is 23.1. The smallest absolute Gasteiger partial charge is 0.359 e. The van der Waals surface area contributed by atoms with E-state index in [2.05, 4.69) is 10.6 Å². The van der Waals surface area contributed by atoms with Crippen LogP contribution < -0.4 is 16.2 Å². The van der Waals surface area contributed by atoms with Crippen molar-refractivity contribution in [3.05, 3.63) is 56.0 Å². The van der Waals surface area contributed by atoms with Gasteiger partial charge < -0.3 is 15.5 Å². The molecule has 2 heterocycles. The van der Waals surface area contributed by atoms with Crippen LogP contribution in [-0.4, -0.2) is 45.4 Å². The number of aromatic nitrogens is 2. The van der Waals surface area contributed by atoms with Crippen molar-refractivity contribution in [3.63, 3.8) is 0 Å². The van der Waals surface area contributed by atoms with E-state index in [0.29, 0.717) is 23.6 Å². The number of halogens is 4. The van der Waals surface area contributed by atoms with E-state index in [1.807, 2.05) is 13.8 Å². The third kappa shape index (κ3) is 6.29. The Morgan fingerprint density at radius 3 is 2.45 bits per heavy atom. The maximum Gasteiger partial charge on any atom is 0.417 e. The highest BCUT2D eigenvalue weighted by molar-refractivity contribution is 6.31. The molecule has 2 amide bonds. The zero-order chi connectivity index (χ0) is 29.4. The summed E-state index contributed by atoms with van der Waals surface area (Å²) < 4.78 is 41.9. The monoisotopic (exact) mass is 581 g/mol. The summed E-state index contributed by atoms with van der Waals surface area (Å²) in [6.45, 7) is 5.65. The lowest BCUT2D eigenvalue weighted by Crippen LogP contribution is -2.46. The molecule has 1 aromatic carbocycles. The molecular formula is C28H35ClF3N5O3. The van der Waals surface area contributed by atoms with Crippen LogP contribution in [-0.2, 0) is 23.9 Å². The molecule has 2 N–H and O–H groups in total. The first kappa shape index (κ1) is 29.9. The van der Waals surface area contributed by atoms with Gasteiger partial charge in [-0.15, -0.1) is 0 Å². The van der Waals surface area contributed by atoms with Crippen LogP contribution in [0.3, 0.4) is 0 Å². The minimum absolute atomic E-state index is 0.00103. The van der Waals surface area contributed by atoms with Gasteiger partial charge in [-0.3, -0.25) is 19.0 Å². The number of carbonyl (C=O) groups excluding carboxylic acids is 2. The number of fused-ring (bicyclic) bond motifs is 1. The van der Waals surface area contributed by atoms with Crippen LogP contribution in [0, 0.1) is 5.92 Å². The van der Waals surface area contributed by atoms with Crippen LogP contribution >= 0.6 is 11.6 Å². The molecule has 12 heteroatoms.